The quantitative estimate of drug-likeness (QED) is 0.805. The second kappa shape index (κ2) is 5.17. The van der Waals surface area contributed by atoms with E-state index >= 15 is 0 Å². The first kappa shape index (κ1) is 13.5. The van der Waals surface area contributed by atoms with Crippen LogP contribution in [0.4, 0.5) is 0 Å². The van der Waals surface area contributed by atoms with Gasteiger partial charge < -0.3 is 10.0 Å². The Kier molecular flexibility index (Phi) is 4.36. The third-order valence-electron chi connectivity index (χ3n) is 3.45. The van der Waals surface area contributed by atoms with Crippen LogP contribution in [-0.4, -0.2) is 35.6 Å². The molecule has 0 spiro atoms. The van der Waals surface area contributed by atoms with Gasteiger partial charge in [-0.3, -0.25) is 4.79 Å². The maximum Gasteiger partial charge on any atom is 0.303 e. The number of carbonyl (C=O) groups is 1. The summed E-state index contributed by atoms with van der Waals surface area (Å²) in [5.41, 5.74) is 0.271. The average Bonchev–Trinajstić information content (AvgIpc) is 2.08. The molecule has 0 aromatic carbocycles. The topological polar surface area (TPSA) is 40.5 Å². The van der Waals surface area contributed by atoms with Crippen molar-refractivity contribution in [2.45, 2.75) is 52.5 Å². The minimum Gasteiger partial charge on any atom is -0.481 e. The summed E-state index contributed by atoms with van der Waals surface area (Å²) in [5.74, 6) is -0.324. The van der Waals surface area contributed by atoms with Crippen molar-refractivity contribution in [2.24, 2.45) is 11.3 Å². The third-order valence-corrected chi connectivity index (χ3v) is 3.45. The van der Waals surface area contributed by atoms with E-state index in [9.17, 15) is 4.79 Å². The molecule has 0 unspecified atom stereocenters. The fourth-order valence-electron chi connectivity index (χ4n) is 2.73. The standard InChI is InChI=1S/C13H25NO2/c1-13(2,3)9-11-10(8-12(15)16)6-5-7-14(11)4/h10-11H,5-9H2,1-4H3,(H,15,16)/t10-,11-/m1/s1. The van der Waals surface area contributed by atoms with E-state index in [2.05, 4.69) is 32.7 Å². The van der Waals surface area contributed by atoms with E-state index in [0.717, 1.165) is 25.8 Å². The third kappa shape index (κ3) is 4.12. The van der Waals surface area contributed by atoms with E-state index in [0.29, 0.717) is 18.4 Å². The van der Waals surface area contributed by atoms with Gasteiger partial charge in [-0.15, -0.1) is 0 Å². The van der Waals surface area contributed by atoms with Gasteiger partial charge in [0, 0.05) is 12.5 Å². The Hall–Kier alpha value is -0.570. The number of likely N-dealkylation sites (tertiary alicyclic amines) is 1. The molecular weight excluding hydrogens is 202 g/mol. The summed E-state index contributed by atoms with van der Waals surface area (Å²) >= 11 is 0. The maximum atomic E-state index is 10.9. The molecule has 0 amide bonds. The number of hydrogen-bond donors (Lipinski definition) is 1. The van der Waals surface area contributed by atoms with Gasteiger partial charge in [0.25, 0.3) is 0 Å². The lowest BCUT2D eigenvalue weighted by atomic mass is 9.77. The molecule has 0 radical (unpaired) electrons. The first-order valence-electron chi connectivity index (χ1n) is 6.21. The Morgan fingerprint density at radius 2 is 2.06 bits per heavy atom. The molecular formula is C13H25NO2. The van der Waals surface area contributed by atoms with E-state index in [1.807, 2.05) is 0 Å². The predicted molar refractivity (Wildman–Crippen MR) is 65.5 cm³/mol. The van der Waals surface area contributed by atoms with E-state index in [1.54, 1.807) is 0 Å². The molecule has 0 aromatic rings. The monoisotopic (exact) mass is 227 g/mol. The highest BCUT2D eigenvalue weighted by Gasteiger charge is 2.33. The van der Waals surface area contributed by atoms with E-state index in [1.165, 1.54) is 0 Å². The molecule has 0 aliphatic carbocycles. The van der Waals surface area contributed by atoms with Crippen molar-refractivity contribution in [2.75, 3.05) is 13.6 Å². The molecule has 0 aromatic heterocycles. The van der Waals surface area contributed by atoms with E-state index in [4.69, 9.17) is 5.11 Å². The minimum absolute atomic E-state index is 0.271. The molecule has 1 rings (SSSR count). The van der Waals surface area contributed by atoms with Crippen molar-refractivity contribution in [1.29, 1.82) is 0 Å². The van der Waals surface area contributed by atoms with Crippen LogP contribution in [0.3, 0.4) is 0 Å². The molecule has 0 bridgehead atoms. The Bertz CT molecular complexity index is 245. The zero-order valence-corrected chi connectivity index (χ0v) is 11.0. The normalized spacial score (nSPS) is 28.0. The summed E-state index contributed by atoms with van der Waals surface area (Å²) in [6.45, 7) is 7.80. The Morgan fingerprint density at radius 3 is 2.56 bits per heavy atom. The predicted octanol–water partition coefficient (Wildman–Crippen LogP) is 2.61. The fraction of sp³-hybridized carbons (Fsp3) is 0.923. The summed E-state index contributed by atoms with van der Waals surface area (Å²) in [4.78, 5) is 13.2. The average molecular weight is 227 g/mol. The molecule has 16 heavy (non-hydrogen) atoms. The van der Waals surface area contributed by atoms with Gasteiger partial charge in [0.2, 0.25) is 0 Å². The lowest BCUT2D eigenvalue weighted by Crippen LogP contribution is -2.45. The van der Waals surface area contributed by atoms with Crippen molar-refractivity contribution in [1.82, 2.24) is 4.90 Å². The number of hydrogen-bond acceptors (Lipinski definition) is 2. The first-order valence-corrected chi connectivity index (χ1v) is 6.21. The smallest absolute Gasteiger partial charge is 0.303 e. The lowest BCUT2D eigenvalue weighted by Gasteiger charge is -2.41. The lowest BCUT2D eigenvalue weighted by molar-refractivity contribution is -0.139. The van der Waals surface area contributed by atoms with Crippen molar-refractivity contribution < 1.29 is 9.90 Å². The molecule has 94 valence electrons. The SMILES string of the molecule is CN1CCC[C@H](CC(=O)O)[C@H]1CC(C)(C)C. The zero-order chi connectivity index (χ0) is 12.3. The van der Waals surface area contributed by atoms with Crippen molar-refractivity contribution in [3.05, 3.63) is 0 Å². The number of nitrogens with zero attached hydrogens (tertiary/aromatic N) is 1. The van der Waals surface area contributed by atoms with Crippen LogP contribution >= 0.6 is 0 Å². The molecule has 0 saturated carbocycles. The van der Waals surface area contributed by atoms with Gasteiger partial charge in [-0.2, -0.15) is 0 Å². The summed E-state index contributed by atoms with van der Waals surface area (Å²) in [7, 11) is 2.13. The van der Waals surface area contributed by atoms with E-state index < -0.39 is 5.97 Å². The van der Waals surface area contributed by atoms with Crippen LogP contribution in [0.25, 0.3) is 0 Å². The summed E-state index contributed by atoms with van der Waals surface area (Å²) in [6.07, 6.45) is 3.61. The number of rotatable bonds is 3. The Balaban J connectivity index is 2.67. The van der Waals surface area contributed by atoms with Crippen molar-refractivity contribution in [3.8, 4) is 0 Å². The van der Waals surface area contributed by atoms with Crippen LogP contribution < -0.4 is 0 Å². The Labute approximate surface area is 98.8 Å². The van der Waals surface area contributed by atoms with Crippen LogP contribution in [-0.2, 0) is 4.79 Å². The molecule has 1 aliphatic rings. The van der Waals surface area contributed by atoms with E-state index in [-0.39, 0.29) is 5.41 Å². The molecule has 1 saturated heterocycles. The maximum absolute atomic E-state index is 10.9. The number of piperidine rings is 1. The molecule has 3 heteroatoms. The molecule has 2 atom stereocenters. The highest BCUT2D eigenvalue weighted by Crippen LogP contribution is 2.33. The van der Waals surface area contributed by atoms with Gasteiger partial charge in [-0.05, 0) is 44.2 Å². The van der Waals surface area contributed by atoms with Gasteiger partial charge in [-0.25, -0.2) is 0 Å². The van der Waals surface area contributed by atoms with Gasteiger partial charge >= 0.3 is 5.97 Å². The van der Waals surface area contributed by atoms with Crippen molar-refractivity contribution >= 4 is 5.97 Å². The van der Waals surface area contributed by atoms with Crippen LogP contribution in [0.5, 0.6) is 0 Å². The minimum atomic E-state index is -0.654. The molecule has 1 fully saturated rings. The van der Waals surface area contributed by atoms with Crippen LogP contribution in [0.15, 0.2) is 0 Å². The molecule has 1 aliphatic heterocycles. The van der Waals surface area contributed by atoms with Crippen LogP contribution in [0.2, 0.25) is 0 Å². The van der Waals surface area contributed by atoms with Gasteiger partial charge in [0.1, 0.15) is 0 Å². The summed E-state index contributed by atoms with van der Waals surface area (Å²) < 4.78 is 0. The van der Waals surface area contributed by atoms with Gasteiger partial charge in [0.05, 0.1) is 0 Å². The second-order valence-electron chi connectivity index (χ2n) is 6.31. The van der Waals surface area contributed by atoms with Crippen LogP contribution in [0.1, 0.15) is 46.5 Å². The summed E-state index contributed by atoms with van der Waals surface area (Å²) in [5, 5.41) is 8.95. The molecule has 1 heterocycles. The fourth-order valence-corrected chi connectivity index (χ4v) is 2.73. The molecule has 1 N–H and O–H groups in total. The first-order chi connectivity index (χ1) is 7.29. The largest absolute Gasteiger partial charge is 0.481 e. The highest BCUT2D eigenvalue weighted by molar-refractivity contribution is 5.67. The van der Waals surface area contributed by atoms with Gasteiger partial charge in [0.15, 0.2) is 0 Å². The number of carboxylic acid groups (broad SMARTS) is 1. The van der Waals surface area contributed by atoms with Gasteiger partial charge in [-0.1, -0.05) is 20.8 Å². The van der Waals surface area contributed by atoms with Crippen LogP contribution in [0, 0.1) is 11.3 Å². The Morgan fingerprint density at radius 1 is 1.44 bits per heavy atom. The number of carboxylic acids is 1. The zero-order valence-electron chi connectivity index (χ0n) is 11.0. The second-order valence-corrected chi connectivity index (χ2v) is 6.31. The molecule has 3 nitrogen and oxygen atoms in total. The summed E-state index contributed by atoms with van der Waals surface area (Å²) in [6, 6.07) is 0.435. The number of aliphatic carboxylic acids is 1. The highest BCUT2D eigenvalue weighted by atomic mass is 16.4. The van der Waals surface area contributed by atoms with Crippen molar-refractivity contribution in [3.63, 3.8) is 0 Å².